The predicted octanol–water partition coefficient (Wildman–Crippen LogP) is 8.06. The lowest BCUT2D eigenvalue weighted by molar-refractivity contribution is -0.124. The number of benzene rings is 1. The van der Waals surface area contributed by atoms with Crippen LogP contribution in [0.1, 0.15) is 134 Å². The third kappa shape index (κ3) is 16.7. The number of thiazole rings is 6. The van der Waals surface area contributed by atoms with Crippen LogP contribution in [-0.4, -0.2) is 160 Å². The molecule has 8 N–H and O–H groups in total. The van der Waals surface area contributed by atoms with Gasteiger partial charge in [0.15, 0.2) is 0 Å². The maximum Gasteiger partial charge on any atom is 0.357 e. The van der Waals surface area contributed by atoms with Crippen LogP contribution in [0.2, 0.25) is 0 Å². The molecule has 498 valence electrons. The summed E-state index contributed by atoms with van der Waals surface area (Å²) >= 11 is 6.60. The summed E-state index contributed by atoms with van der Waals surface area (Å²) in [4.78, 5) is 143. The fourth-order valence-electron chi connectivity index (χ4n) is 9.28. The molecule has 1 aromatic carbocycles. The molecule has 5 atom stereocenters. The van der Waals surface area contributed by atoms with Crippen molar-refractivity contribution in [3.05, 3.63) is 142 Å². The molecule has 5 unspecified atom stereocenters. The second-order valence-corrected chi connectivity index (χ2v) is 27.6. The number of aromatic nitrogens is 8. The van der Waals surface area contributed by atoms with E-state index in [0.29, 0.717) is 44.8 Å². The van der Waals surface area contributed by atoms with Gasteiger partial charge in [0, 0.05) is 49.8 Å². The van der Waals surface area contributed by atoms with Crippen molar-refractivity contribution in [3.63, 3.8) is 0 Å². The summed E-state index contributed by atoms with van der Waals surface area (Å²) in [5.74, 6) is -5.02. The number of nitrogens with zero attached hydrogens (tertiary/aromatic N) is 10. The van der Waals surface area contributed by atoms with Gasteiger partial charge in [-0.1, -0.05) is 41.6 Å². The van der Waals surface area contributed by atoms with Gasteiger partial charge in [0.1, 0.15) is 112 Å². The Morgan fingerprint density at radius 1 is 0.698 bits per heavy atom. The van der Waals surface area contributed by atoms with Crippen LogP contribution in [0.15, 0.2) is 104 Å². The number of pyridine rings is 2. The second-order valence-electron chi connectivity index (χ2n) is 22.4. The zero-order valence-electron chi connectivity index (χ0n) is 52.9. The number of aliphatic hydroxyl groups is 2. The molecule has 0 radical (unpaired) electrons. The highest BCUT2D eigenvalue weighted by Crippen LogP contribution is 2.39. The third-order valence-corrected chi connectivity index (χ3v) is 19.6. The number of allylic oxidation sites excluding steroid dienone is 2. The molecular formula is C63H64N16O11S6. The average Bonchev–Trinajstić information content (AvgIpc) is 1.58. The predicted molar refractivity (Wildman–Crippen MR) is 367 cm³/mol. The quantitative estimate of drug-likeness (QED) is 0.0140. The van der Waals surface area contributed by atoms with Crippen LogP contribution in [0.3, 0.4) is 0 Å². The molecule has 96 heavy (non-hydrogen) atoms. The molecular weight excluding hydrogens is 1350 g/mol. The maximum absolute atomic E-state index is 14.6. The zero-order chi connectivity index (χ0) is 68.5. The van der Waals surface area contributed by atoms with E-state index in [-0.39, 0.29) is 77.8 Å². The molecule has 0 saturated carbocycles. The standard InChI is InChI=1S/C63H64N16O11S6/c1-10-35(50(81)64-23-30(3)78-89-22-14-21-79(8)9)67-51(82)41-26-93-59(72-41)45-29-94-58(74-45)38-20-18-34-48(66-38)40-24-95-60(69-40)47(32(5)90-62(87)39-19-17-33-15-12-13-16-37(33)65-39)76-53(84)43-28-96-61(73-43)49(63(6,7)88)77-54(85)44-27-92-57(71-44)36(11-2)68-55(86)46(31(4)80)75-52(83)42-25-91-56(34)70-42/h10-13,15-20,24-29,31-32,46-47,49,80,88H,14,21-23H2,1-9H3,(H,64,81)(H,67,82)(H,68,86)(H,75,83)(H,76,84)(H,77,85)/b35-10-,36-11-,78-30+. The van der Waals surface area contributed by atoms with E-state index in [9.17, 15) is 43.8 Å². The van der Waals surface area contributed by atoms with Gasteiger partial charge in [-0.25, -0.2) is 44.7 Å². The first-order valence-corrected chi connectivity index (χ1v) is 34.9. The summed E-state index contributed by atoms with van der Waals surface area (Å²) < 4.78 is 6.10. The van der Waals surface area contributed by atoms with Crippen molar-refractivity contribution in [1.29, 1.82) is 0 Å². The highest BCUT2D eigenvalue weighted by Gasteiger charge is 2.36. The van der Waals surface area contributed by atoms with Crippen LogP contribution < -0.4 is 31.9 Å². The van der Waals surface area contributed by atoms with Gasteiger partial charge >= 0.3 is 5.97 Å². The number of oxime groups is 1. The van der Waals surface area contributed by atoms with E-state index in [1.165, 1.54) is 66.5 Å². The van der Waals surface area contributed by atoms with E-state index in [0.717, 1.165) is 75.0 Å². The lowest BCUT2D eigenvalue weighted by atomic mass is 9.99. The van der Waals surface area contributed by atoms with Crippen molar-refractivity contribution in [2.75, 3.05) is 33.8 Å². The van der Waals surface area contributed by atoms with E-state index in [1.807, 2.05) is 31.1 Å². The Morgan fingerprint density at radius 2 is 1.32 bits per heavy atom. The topological polar surface area (TPSA) is 369 Å². The molecule has 27 nitrogen and oxygen atoms in total. The van der Waals surface area contributed by atoms with Gasteiger partial charge in [0.25, 0.3) is 29.5 Å². The first-order valence-electron chi connectivity index (χ1n) is 29.6. The van der Waals surface area contributed by atoms with Crippen LogP contribution in [0.5, 0.6) is 0 Å². The number of ether oxygens (including phenoxy) is 1. The van der Waals surface area contributed by atoms with Gasteiger partial charge in [-0.15, -0.1) is 68.0 Å². The number of esters is 1. The number of carbonyl (C=O) groups is 7. The van der Waals surface area contributed by atoms with E-state index >= 15 is 0 Å². The molecule has 8 bridgehead atoms. The monoisotopic (exact) mass is 1410 g/mol. The first kappa shape index (κ1) is 69.5. The number of nitrogens with one attached hydrogen (secondary N) is 6. The Kier molecular flexibility index (Phi) is 22.2. The Labute approximate surface area is 573 Å². The van der Waals surface area contributed by atoms with Crippen LogP contribution >= 0.6 is 68.0 Å². The molecule has 33 heteroatoms. The Bertz CT molecular complexity index is 4500. The second kappa shape index (κ2) is 30.6. The van der Waals surface area contributed by atoms with Gasteiger partial charge in [-0.2, -0.15) is 0 Å². The minimum absolute atomic E-state index is 0.00234. The molecule has 8 aromatic heterocycles. The van der Waals surface area contributed by atoms with Crippen molar-refractivity contribution in [3.8, 4) is 43.4 Å². The third-order valence-electron chi connectivity index (χ3n) is 14.3. The Balaban J connectivity index is 0.989. The average molecular weight is 1410 g/mol. The maximum atomic E-state index is 14.6. The van der Waals surface area contributed by atoms with Crippen LogP contribution in [0.25, 0.3) is 60.0 Å². The summed E-state index contributed by atoms with van der Waals surface area (Å²) in [5.41, 5.74) is 1.01. The summed E-state index contributed by atoms with van der Waals surface area (Å²) in [6.45, 7) is 12.1. The SMILES string of the molecule is C/C=C(\NC(=O)c1csc(-c2csc(-c3ccc4c(n3)-c3csc(n3)C(C(C)OC(=O)c3ccc5ccccc5n3)NC(=O)c3csc(n3)C(C(C)(C)O)NC(=O)c3csc(n3)/C(=C/C)NC(=O)C(C(C)O)NC(=O)c3csc-4n3)n2)n1)C(=O)NC/C(C)=N/OCCCN(C)C. The molecule has 10 rings (SSSR count). The Morgan fingerprint density at radius 3 is 2.05 bits per heavy atom. The van der Waals surface area contributed by atoms with E-state index in [2.05, 4.69) is 57.0 Å². The number of para-hydroxylation sites is 1. The molecule has 0 saturated heterocycles. The number of carbonyl (C=O) groups excluding carboxylic acids is 7. The van der Waals surface area contributed by atoms with E-state index in [4.69, 9.17) is 29.5 Å². The molecule has 0 fully saturated rings. The lowest BCUT2D eigenvalue weighted by Crippen LogP contribution is -2.52. The number of fused-ring (bicyclic) bond motifs is 12. The zero-order valence-corrected chi connectivity index (χ0v) is 57.8. The molecule has 1 aliphatic heterocycles. The van der Waals surface area contributed by atoms with Crippen LogP contribution in [0, 0.1) is 0 Å². The van der Waals surface area contributed by atoms with Gasteiger partial charge in [0.05, 0.1) is 40.9 Å². The van der Waals surface area contributed by atoms with Crippen molar-refractivity contribution in [2.24, 2.45) is 5.16 Å². The Hall–Kier alpha value is -9.32. The molecule has 0 aliphatic carbocycles. The molecule has 1 aliphatic rings. The fourth-order valence-corrected chi connectivity index (χ4v) is 14.5. The molecule has 0 spiro atoms. The summed E-state index contributed by atoms with van der Waals surface area (Å²) in [5, 5.41) is 54.8. The van der Waals surface area contributed by atoms with E-state index in [1.54, 1.807) is 74.2 Å². The molecule has 6 amide bonds. The van der Waals surface area contributed by atoms with Crippen molar-refractivity contribution < 1.29 is 53.3 Å². The minimum Gasteiger partial charge on any atom is -0.455 e. The van der Waals surface area contributed by atoms with Gasteiger partial charge in [0.2, 0.25) is 5.91 Å². The minimum atomic E-state index is -1.65. The lowest BCUT2D eigenvalue weighted by Gasteiger charge is -2.28. The largest absolute Gasteiger partial charge is 0.455 e. The normalized spacial score (nSPS) is 17.0. The summed E-state index contributed by atoms with van der Waals surface area (Å²) in [7, 11) is 3.93. The number of amides is 6. The highest BCUT2D eigenvalue weighted by molar-refractivity contribution is 7.15. The smallest absolute Gasteiger partial charge is 0.357 e. The van der Waals surface area contributed by atoms with Crippen LogP contribution in [0.4, 0.5) is 0 Å². The molecule has 9 aromatic rings. The molecule has 9 heterocycles. The summed E-state index contributed by atoms with van der Waals surface area (Å²) in [6.07, 6.45) is 1.23. The van der Waals surface area contributed by atoms with Crippen molar-refractivity contribution in [1.82, 2.24) is 76.7 Å². The van der Waals surface area contributed by atoms with Crippen molar-refractivity contribution in [2.45, 2.75) is 90.8 Å². The number of hydrogen-bond donors (Lipinski definition) is 8. The van der Waals surface area contributed by atoms with Gasteiger partial charge in [-0.05, 0) is 93.2 Å². The van der Waals surface area contributed by atoms with Crippen LogP contribution in [-0.2, 0) is 19.2 Å². The number of rotatable bonds is 17. The van der Waals surface area contributed by atoms with Gasteiger partial charge in [-0.3, -0.25) is 28.8 Å². The van der Waals surface area contributed by atoms with Crippen molar-refractivity contribution >= 4 is 132 Å². The number of hydrogen-bond acceptors (Lipinski definition) is 27. The van der Waals surface area contributed by atoms with E-state index < -0.39 is 77.3 Å². The number of aliphatic hydroxyl groups excluding tert-OH is 1. The summed E-state index contributed by atoms with van der Waals surface area (Å²) in [6, 6.07) is 10.1. The van der Waals surface area contributed by atoms with Gasteiger partial charge < -0.3 is 56.6 Å². The first-order chi connectivity index (χ1) is 45.9. The highest BCUT2D eigenvalue weighted by atomic mass is 32.1. The fraction of sp³-hybridized carbons (Fsp3) is 0.302.